The lowest BCUT2D eigenvalue weighted by Gasteiger charge is -2.29. The first-order chi connectivity index (χ1) is 14.1. The van der Waals surface area contributed by atoms with E-state index < -0.39 is 16.6 Å². The van der Waals surface area contributed by atoms with E-state index >= 15 is 0 Å². The minimum Gasteiger partial charge on any atom is -0.458 e. The summed E-state index contributed by atoms with van der Waals surface area (Å²) in [5.41, 5.74) is 1.59. The van der Waals surface area contributed by atoms with Crippen LogP contribution in [0.3, 0.4) is 0 Å². The highest BCUT2D eigenvalue weighted by Crippen LogP contribution is 2.26. The van der Waals surface area contributed by atoms with Crippen molar-refractivity contribution in [1.82, 2.24) is 0 Å². The van der Waals surface area contributed by atoms with Gasteiger partial charge in [-0.05, 0) is 25.1 Å². The van der Waals surface area contributed by atoms with Crippen LogP contribution in [0.15, 0.2) is 60.3 Å². The number of morpholine rings is 1. The topological polar surface area (TPSA) is 93.9 Å². The predicted molar refractivity (Wildman–Crippen MR) is 110 cm³/mol. The van der Waals surface area contributed by atoms with Gasteiger partial charge in [-0.1, -0.05) is 36.4 Å². The van der Waals surface area contributed by atoms with Crippen molar-refractivity contribution >= 4 is 23.0 Å². The molecule has 8 heteroatoms. The van der Waals surface area contributed by atoms with Gasteiger partial charge in [-0.15, -0.1) is 0 Å². The molecule has 0 unspecified atom stereocenters. The largest absolute Gasteiger partial charge is 0.458 e. The second kappa shape index (κ2) is 9.70. The summed E-state index contributed by atoms with van der Waals surface area (Å²) in [7, 11) is 0. The smallest absolute Gasteiger partial charge is 0.412 e. The summed E-state index contributed by atoms with van der Waals surface area (Å²) in [4.78, 5) is 25.5. The fourth-order valence-corrected chi connectivity index (χ4v) is 3.09. The summed E-state index contributed by atoms with van der Waals surface area (Å²) >= 11 is 0. The van der Waals surface area contributed by atoms with Crippen molar-refractivity contribution in [3.63, 3.8) is 0 Å². The van der Waals surface area contributed by atoms with Crippen LogP contribution in [-0.4, -0.2) is 43.8 Å². The number of nitrogens with zero attached hydrogens (tertiary/aromatic N) is 2. The third-order valence-corrected chi connectivity index (χ3v) is 4.44. The van der Waals surface area contributed by atoms with Crippen molar-refractivity contribution in [2.45, 2.75) is 6.92 Å². The standard InChI is InChI=1S/C21H23N3O5/c1-2-29-21(25)20(24(26)27)19(16-7-4-3-5-8-16)22-17-9-6-10-18(15-17)23-11-13-28-14-12-23/h3-10,15,22H,2,11-14H2,1H3/b20-19+. The maximum atomic E-state index is 12.3. The van der Waals surface area contributed by atoms with Crippen molar-refractivity contribution in [2.75, 3.05) is 43.1 Å². The Bertz CT molecular complexity index is 892. The van der Waals surface area contributed by atoms with Gasteiger partial charge in [-0.2, -0.15) is 0 Å². The number of esters is 1. The van der Waals surface area contributed by atoms with Crippen LogP contribution < -0.4 is 10.2 Å². The monoisotopic (exact) mass is 397 g/mol. The normalized spacial score (nSPS) is 14.7. The van der Waals surface area contributed by atoms with Gasteiger partial charge in [0.15, 0.2) is 0 Å². The third kappa shape index (κ3) is 5.11. The number of rotatable bonds is 7. The Kier molecular flexibility index (Phi) is 6.80. The molecule has 1 N–H and O–H groups in total. The first-order valence-corrected chi connectivity index (χ1v) is 9.41. The molecule has 8 nitrogen and oxygen atoms in total. The van der Waals surface area contributed by atoms with Gasteiger partial charge in [0.25, 0.3) is 0 Å². The summed E-state index contributed by atoms with van der Waals surface area (Å²) in [6.07, 6.45) is 0. The number of hydrogen-bond donors (Lipinski definition) is 1. The molecule has 0 spiro atoms. The summed E-state index contributed by atoms with van der Waals surface area (Å²) in [5, 5.41) is 14.8. The van der Waals surface area contributed by atoms with E-state index in [-0.39, 0.29) is 12.3 Å². The Morgan fingerprint density at radius 2 is 1.90 bits per heavy atom. The molecular weight excluding hydrogens is 374 g/mol. The molecule has 1 heterocycles. The molecule has 2 aromatic carbocycles. The highest BCUT2D eigenvalue weighted by Gasteiger charge is 2.30. The Balaban J connectivity index is 2.01. The van der Waals surface area contributed by atoms with E-state index in [4.69, 9.17) is 9.47 Å². The highest BCUT2D eigenvalue weighted by molar-refractivity contribution is 5.98. The van der Waals surface area contributed by atoms with Gasteiger partial charge < -0.3 is 19.7 Å². The number of benzene rings is 2. The highest BCUT2D eigenvalue weighted by atomic mass is 16.6. The van der Waals surface area contributed by atoms with E-state index in [0.717, 1.165) is 18.8 Å². The van der Waals surface area contributed by atoms with Gasteiger partial charge in [-0.25, -0.2) is 4.79 Å². The number of carbonyl (C=O) groups is 1. The fourth-order valence-electron chi connectivity index (χ4n) is 3.09. The van der Waals surface area contributed by atoms with Gasteiger partial charge in [0.1, 0.15) is 5.70 Å². The minimum absolute atomic E-state index is 0.0464. The van der Waals surface area contributed by atoms with Crippen molar-refractivity contribution in [3.8, 4) is 0 Å². The van der Waals surface area contributed by atoms with E-state index in [1.54, 1.807) is 43.3 Å². The van der Waals surface area contributed by atoms with Crippen molar-refractivity contribution in [2.24, 2.45) is 0 Å². The molecule has 0 saturated carbocycles. The molecule has 152 valence electrons. The molecule has 2 aromatic rings. The maximum absolute atomic E-state index is 12.3. The number of hydrogen-bond acceptors (Lipinski definition) is 7. The van der Waals surface area contributed by atoms with Gasteiger partial charge >= 0.3 is 11.7 Å². The fraction of sp³-hybridized carbons (Fsp3) is 0.286. The van der Waals surface area contributed by atoms with Crippen LogP contribution in [0.1, 0.15) is 12.5 Å². The molecule has 1 saturated heterocycles. The summed E-state index contributed by atoms with van der Waals surface area (Å²) < 4.78 is 10.3. The first kappa shape index (κ1) is 20.3. The zero-order chi connectivity index (χ0) is 20.6. The Morgan fingerprint density at radius 1 is 1.17 bits per heavy atom. The van der Waals surface area contributed by atoms with Crippen LogP contribution >= 0.6 is 0 Å². The second-order valence-electron chi connectivity index (χ2n) is 6.34. The molecule has 1 aliphatic rings. The van der Waals surface area contributed by atoms with Gasteiger partial charge in [0, 0.05) is 30.0 Å². The predicted octanol–water partition coefficient (Wildman–Crippen LogP) is 3.14. The number of carbonyl (C=O) groups excluding carboxylic acids is 1. The molecule has 0 radical (unpaired) electrons. The third-order valence-electron chi connectivity index (χ3n) is 4.44. The van der Waals surface area contributed by atoms with Crippen molar-refractivity contribution in [3.05, 3.63) is 76.0 Å². The minimum atomic E-state index is -0.979. The Labute approximate surface area is 168 Å². The van der Waals surface area contributed by atoms with Crippen LogP contribution in [0, 0.1) is 10.1 Å². The average Bonchev–Trinajstić information content (AvgIpc) is 2.75. The Morgan fingerprint density at radius 3 is 2.55 bits per heavy atom. The van der Waals surface area contributed by atoms with Crippen LogP contribution in [0.4, 0.5) is 11.4 Å². The van der Waals surface area contributed by atoms with Crippen LogP contribution in [-0.2, 0) is 14.3 Å². The lowest BCUT2D eigenvalue weighted by Crippen LogP contribution is -2.36. The summed E-state index contributed by atoms with van der Waals surface area (Å²) in [6, 6.07) is 16.3. The quantitative estimate of drug-likeness (QED) is 0.332. The Hall–Kier alpha value is -3.39. The molecule has 0 aromatic heterocycles. The molecular formula is C21H23N3O5. The number of anilines is 2. The first-order valence-electron chi connectivity index (χ1n) is 9.41. The van der Waals surface area contributed by atoms with E-state index in [9.17, 15) is 14.9 Å². The van der Waals surface area contributed by atoms with Crippen LogP contribution in [0.5, 0.6) is 0 Å². The molecule has 29 heavy (non-hydrogen) atoms. The van der Waals surface area contributed by atoms with E-state index in [0.29, 0.717) is 24.5 Å². The SMILES string of the molecule is CCOC(=O)/C(=C(\Nc1cccc(N2CCOCC2)c1)c1ccccc1)[N+](=O)[O-]. The van der Waals surface area contributed by atoms with E-state index in [1.165, 1.54) is 0 Å². The number of nitro groups is 1. The second-order valence-corrected chi connectivity index (χ2v) is 6.34. The average molecular weight is 397 g/mol. The van der Waals surface area contributed by atoms with Crippen LogP contribution in [0.25, 0.3) is 5.70 Å². The van der Waals surface area contributed by atoms with Gasteiger partial charge in [0.05, 0.1) is 24.7 Å². The van der Waals surface area contributed by atoms with E-state index in [2.05, 4.69) is 10.2 Å². The molecule has 0 aliphatic carbocycles. The van der Waals surface area contributed by atoms with Crippen molar-refractivity contribution < 1.29 is 19.2 Å². The summed E-state index contributed by atoms with van der Waals surface area (Å²) in [5.74, 6) is -0.979. The summed E-state index contributed by atoms with van der Waals surface area (Å²) in [6.45, 7) is 4.51. The van der Waals surface area contributed by atoms with E-state index in [1.807, 2.05) is 18.2 Å². The van der Waals surface area contributed by atoms with Gasteiger partial charge in [0.2, 0.25) is 0 Å². The van der Waals surface area contributed by atoms with Crippen molar-refractivity contribution in [1.29, 1.82) is 0 Å². The lowest BCUT2D eigenvalue weighted by atomic mass is 10.1. The molecule has 0 bridgehead atoms. The zero-order valence-corrected chi connectivity index (χ0v) is 16.2. The zero-order valence-electron chi connectivity index (χ0n) is 16.2. The maximum Gasteiger partial charge on any atom is 0.412 e. The lowest BCUT2D eigenvalue weighted by molar-refractivity contribution is -0.420. The van der Waals surface area contributed by atoms with Crippen LogP contribution in [0.2, 0.25) is 0 Å². The van der Waals surface area contributed by atoms with Gasteiger partial charge in [-0.3, -0.25) is 10.1 Å². The number of nitrogens with one attached hydrogen (secondary N) is 1. The molecule has 1 fully saturated rings. The molecule has 0 amide bonds. The molecule has 3 rings (SSSR count). The molecule has 1 aliphatic heterocycles. The molecule has 0 atom stereocenters. The number of ether oxygens (including phenoxy) is 2.